The molecule has 0 saturated carbocycles. The molecule has 0 spiro atoms. The molecule has 0 heterocycles. The third-order valence-electron chi connectivity index (χ3n) is 3.18. The van der Waals surface area contributed by atoms with Gasteiger partial charge in [-0.1, -0.05) is 30.3 Å². The molecule has 0 aliphatic carbocycles. The smallest absolute Gasteiger partial charge is 0.336 e. The zero-order chi connectivity index (χ0) is 14.5. The number of hydrogen-bond donors (Lipinski definition) is 1. The van der Waals surface area contributed by atoms with Gasteiger partial charge < -0.3 is 10.0 Å². The number of carboxylic acids is 1. The largest absolute Gasteiger partial charge is 0.478 e. The maximum absolute atomic E-state index is 13.8. The molecule has 2 aromatic carbocycles. The zero-order valence-electron chi connectivity index (χ0n) is 11.2. The summed E-state index contributed by atoms with van der Waals surface area (Å²) in [5, 5.41) is 9.18. The lowest BCUT2D eigenvalue weighted by Crippen LogP contribution is -2.24. The molecule has 20 heavy (non-hydrogen) atoms. The summed E-state index contributed by atoms with van der Waals surface area (Å²) in [6.45, 7) is 2.87. The Morgan fingerprint density at radius 1 is 1.15 bits per heavy atom. The molecule has 104 valence electrons. The first-order chi connectivity index (χ1) is 9.63. The molecule has 0 unspecified atom stereocenters. The van der Waals surface area contributed by atoms with E-state index in [4.69, 9.17) is 0 Å². The van der Waals surface area contributed by atoms with E-state index in [-0.39, 0.29) is 11.4 Å². The molecule has 4 heteroatoms. The standard InChI is InChI=1S/C16H16FNO2/c1-2-18(15-10-6-5-9-14(15)17)11-12-7-3-4-8-13(12)16(19)20/h3-10H,2,11H2,1H3,(H,19,20). The van der Waals surface area contributed by atoms with E-state index in [1.807, 2.05) is 11.8 Å². The minimum absolute atomic E-state index is 0.252. The molecular weight excluding hydrogens is 257 g/mol. The Labute approximate surface area is 117 Å². The molecule has 0 radical (unpaired) electrons. The summed E-state index contributed by atoms with van der Waals surface area (Å²) in [6.07, 6.45) is 0. The second-order valence-electron chi connectivity index (χ2n) is 4.43. The predicted molar refractivity (Wildman–Crippen MR) is 76.5 cm³/mol. The number of carbonyl (C=O) groups is 1. The van der Waals surface area contributed by atoms with Crippen molar-refractivity contribution in [3.8, 4) is 0 Å². The summed E-state index contributed by atoms with van der Waals surface area (Å²) in [5.41, 5.74) is 1.41. The third kappa shape index (κ3) is 2.96. The van der Waals surface area contributed by atoms with Crippen LogP contribution in [-0.4, -0.2) is 17.6 Å². The van der Waals surface area contributed by atoms with Gasteiger partial charge in [0.05, 0.1) is 11.3 Å². The Bertz CT molecular complexity index is 613. The SMILES string of the molecule is CCN(Cc1ccccc1C(=O)O)c1ccccc1F. The zero-order valence-corrected chi connectivity index (χ0v) is 11.2. The van der Waals surface area contributed by atoms with Gasteiger partial charge in [0.1, 0.15) is 5.82 Å². The van der Waals surface area contributed by atoms with Crippen LogP contribution in [0.15, 0.2) is 48.5 Å². The Morgan fingerprint density at radius 2 is 1.80 bits per heavy atom. The minimum atomic E-state index is -0.967. The first-order valence-electron chi connectivity index (χ1n) is 6.44. The van der Waals surface area contributed by atoms with Gasteiger partial charge in [0.25, 0.3) is 0 Å². The molecule has 2 aromatic rings. The second kappa shape index (κ2) is 6.19. The molecule has 0 saturated heterocycles. The highest BCUT2D eigenvalue weighted by Crippen LogP contribution is 2.22. The monoisotopic (exact) mass is 273 g/mol. The highest BCUT2D eigenvalue weighted by molar-refractivity contribution is 5.89. The normalized spacial score (nSPS) is 10.3. The summed E-state index contributed by atoms with van der Waals surface area (Å²) in [4.78, 5) is 13.0. The number of carboxylic acid groups (broad SMARTS) is 1. The van der Waals surface area contributed by atoms with E-state index in [1.54, 1.807) is 42.5 Å². The van der Waals surface area contributed by atoms with Crippen LogP contribution in [0.5, 0.6) is 0 Å². The number of halogens is 1. The van der Waals surface area contributed by atoms with Gasteiger partial charge in [0, 0.05) is 13.1 Å². The van der Waals surface area contributed by atoms with Crippen LogP contribution in [0.1, 0.15) is 22.8 Å². The number of rotatable bonds is 5. The fourth-order valence-corrected chi connectivity index (χ4v) is 2.15. The topological polar surface area (TPSA) is 40.5 Å². The molecule has 1 N–H and O–H groups in total. The maximum Gasteiger partial charge on any atom is 0.336 e. The van der Waals surface area contributed by atoms with E-state index in [9.17, 15) is 14.3 Å². The van der Waals surface area contributed by atoms with Crippen molar-refractivity contribution in [2.75, 3.05) is 11.4 Å². The molecule has 0 aromatic heterocycles. The first-order valence-corrected chi connectivity index (χ1v) is 6.44. The van der Waals surface area contributed by atoms with Crippen LogP contribution in [0.3, 0.4) is 0 Å². The molecule has 2 rings (SSSR count). The van der Waals surface area contributed by atoms with Crippen molar-refractivity contribution in [1.29, 1.82) is 0 Å². The molecule has 0 atom stereocenters. The van der Waals surface area contributed by atoms with E-state index in [1.165, 1.54) is 6.07 Å². The van der Waals surface area contributed by atoms with Crippen LogP contribution in [0, 0.1) is 5.82 Å². The highest BCUT2D eigenvalue weighted by atomic mass is 19.1. The fourth-order valence-electron chi connectivity index (χ4n) is 2.15. The Hall–Kier alpha value is -2.36. The third-order valence-corrected chi connectivity index (χ3v) is 3.18. The number of anilines is 1. The van der Waals surface area contributed by atoms with E-state index in [0.29, 0.717) is 24.3 Å². The Morgan fingerprint density at radius 3 is 2.45 bits per heavy atom. The number of nitrogens with zero attached hydrogens (tertiary/aromatic N) is 1. The minimum Gasteiger partial charge on any atom is -0.478 e. The number of aromatic carboxylic acids is 1. The van der Waals surface area contributed by atoms with Gasteiger partial charge in [0.2, 0.25) is 0 Å². The molecule has 3 nitrogen and oxygen atoms in total. The number of hydrogen-bond acceptors (Lipinski definition) is 2. The van der Waals surface area contributed by atoms with Gasteiger partial charge in [-0.05, 0) is 30.7 Å². The van der Waals surface area contributed by atoms with Crippen molar-refractivity contribution in [2.24, 2.45) is 0 Å². The highest BCUT2D eigenvalue weighted by Gasteiger charge is 2.14. The van der Waals surface area contributed by atoms with Gasteiger partial charge >= 0.3 is 5.97 Å². The predicted octanol–water partition coefficient (Wildman–Crippen LogP) is 3.55. The lowest BCUT2D eigenvalue weighted by atomic mass is 10.1. The average Bonchev–Trinajstić information content (AvgIpc) is 2.46. The summed E-state index contributed by atoms with van der Waals surface area (Å²) in [7, 11) is 0. The van der Waals surface area contributed by atoms with E-state index in [2.05, 4.69) is 0 Å². The second-order valence-corrected chi connectivity index (χ2v) is 4.43. The molecule has 0 fully saturated rings. The van der Waals surface area contributed by atoms with Crippen molar-refractivity contribution in [2.45, 2.75) is 13.5 Å². The number of benzene rings is 2. The van der Waals surface area contributed by atoms with Crippen LogP contribution in [-0.2, 0) is 6.54 Å². The van der Waals surface area contributed by atoms with Gasteiger partial charge in [0.15, 0.2) is 0 Å². The van der Waals surface area contributed by atoms with Crippen molar-refractivity contribution < 1.29 is 14.3 Å². The Balaban J connectivity index is 2.32. The van der Waals surface area contributed by atoms with Gasteiger partial charge in [-0.15, -0.1) is 0 Å². The van der Waals surface area contributed by atoms with Crippen molar-refractivity contribution >= 4 is 11.7 Å². The summed E-state index contributed by atoms with van der Waals surface area (Å²) < 4.78 is 13.8. The van der Waals surface area contributed by atoms with Crippen molar-refractivity contribution in [3.63, 3.8) is 0 Å². The average molecular weight is 273 g/mol. The first kappa shape index (κ1) is 14.1. The number of para-hydroxylation sites is 1. The van der Waals surface area contributed by atoms with E-state index in [0.717, 1.165) is 0 Å². The quantitative estimate of drug-likeness (QED) is 0.905. The van der Waals surface area contributed by atoms with Crippen LogP contribution >= 0.6 is 0 Å². The van der Waals surface area contributed by atoms with Gasteiger partial charge in [-0.25, -0.2) is 9.18 Å². The molecule has 0 aliphatic rings. The van der Waals surface area contributed by atoms with Crippen LogP contribution in [0.2, 0.25) is 0 Å². The van der Waals surface area contributed by atoms with Crippen LogP contribution in [0.4, 0.5) is 10.1 Å². The summed E-state index contributed by atoms with van der Waals surface area (Å²) in [5.74, 6) is -1.27. The van der Waals surface area contributed by atoms with E-state index >= 15 is 0 Å². The lowest BCUT2D eigenvalue weighted by molar-refractivity contribution is 0.0695. The maximum atomic E-state index is 13.8. The molecule has 0 bridgehead atoms. The van der Waals surface area contributed by atoms with Crippen LogP contribution in [0.25, 0.3) is 0 Å². The summed E-state index contributed by atoms with van der Waals surface area (Å²) in [6, 6.07) is 13.3. The van der Waals surface area contributed by atoms with E-state index < -0.39 is 5.97 Å². The molecule has 0 amide bonds. The van der Waals surface area contributed by atoms with Crippen molar-refractivity contribution in [1.82, 2.24) is 0 Å². The molecular formula is C16H16FNO2. The fraction of sp³-hybridized carbons (Fsp3) is 0.188. The summed E-state index contributed by atoms with van der Waals surface area (Å²) >= 11 is 0. The Kier molecular flexibility index (Phi) is 4.35. The van der Waals surface area contributed by atoms with Crippen molar-refractivity contribution in [3.05, 3.63) is 65.5 Å². The van der Waals surface area contributed by atoms with Crippen LogP contribution < -0.4 is 4.90 Å². The lowest BCUT2D eigenvalue weighted by Gasteiger charge is -2.24. The van der Waals surface area contributed by atoms with Gasteiger partial charge in [-0.2, -0.15) is 0 Å². The molecule has 0 aliphatic heterocycles. The van der Waals surface area contributed by atoms with Gasteiger partial charge in [-0.3, -0.25) is 0 Å².